The van der Waals surface area contributed by atoms with E-state index in [1.807, 2.05) is 144 Å². The molecule has 0 radical (unpaired) electrons. The van der Waals surface area contributed by atoms with Crippen LogP contribution in [0.2, 0.25) is 0 Å². The zero-order valence-corrected chi connectivity index (χ0v) is 83.4. The van der Waals surface area contributed by atoms with Crippen LogP contribution in [0, 0.1) is 69.2 Å². The maximum absolute atomic E-state index is 9.94. The molecule has 15 rings (SSSR count). The molecule has 20 heteroatoms. The molecule has 0 spiro atoms. The number of aromatic hydroxyl groups is 20. The van der Waals surface area contributed by atoms with Crippen molar-refractivity contribution in [1.29, 1.82) is 0 Å². The number of unbranched alkanes of at least 4 members (excludes halogenated alkanes) is 4. The summed E-state index contributed by atoms with van der Waals surface area (Å²) in [5, 5.41) is 189. The van der Waals surface area contributed by atoms with Gasteiger partial charge in [-0.05, 0) is 332 Å². The van der Waals surface area contributed by atoms with E-state index in [1.54, 1.807) is 60.7 Å². The fourth-order valence-electron chi connectivity index (χ4n) is 18.3. The molecule has 3 aliphatic rings. The molecule has 3 saturated carbocycles. The Kier molecular flexibility index (Phi) is 45.6. The van der Waals surface area contributed by atoms with Gasteiger partial charge in [-0.1, -0.05) is 167 Å². The van der Waals surface area contributed by atoms with Gasteiger partial charge in [0.1, 0.15) is 115 Å². The number of benzene rings is 12. The zero-order chi connectivity index (χ0) is 102. The first-order chi connectivity index (χ1) is 64.9. The summed E-state index contributed by atoms with van der Waals surface area (Å²) in [5.74, 6) is 5.35. The quantitative estimate of drug-likeness (QED) is 0.0334. The molecule has 3 fully saturated rings. The summed E-state index contributed by atoms with van der Waals surface area (Å²) in [6, 6.07) is 50.9. The molecule has 2 atom stereocenters. The molecule has 12 aromatic rings. The van der Waals surface area contributed by atoms with Crippen LogP contribution in [-0.4, -0.2) is 102 Å². The van der Waals surface area contributed by atoms with Gasteiger partial charge >= 0.3 is 0 Å². The SMILES string of the molecule is CCC(C)c1c(C)cc(O)cc1O.CCCCCCc1c(C)cc(O)cc1O.CCCCc1c(C)cc(O)cc1O.CCc1c(C)cc(O)cc1O.CCc1c(C)cc(O)cc1O.Cc1cc(O)cc(O)c1C(C)c1ccccc1.Cc1cc(O)cc(O)c1C1CC1.Cc1cc(O)cc(O)c1C1CCCC1.Cc1cc(O)cc(O)c1C1CCCCC1.Cc1cc(O)cc(O)c1Cc1ccccc1. The molecule has 740 valence electrons. The molecular formula is C117H152O20. The molecule has 0 aromatic heterocycles. The number of hydrogen-bond acceptors (Lipinski definition) is 20. The minimum atomic E-state index is 0.101. The van der Waals surface area contributed by atoms with Gasteiger partial charge in [-0.15, -0.1) is 0 Å². The van der Waals surface area contributed by atoms with Gasteiger partial charge in [0.05, 0.1) is 0 Å². The van der Waals surface area contributed by atoms with Crippen LogP contribution in [0.5, 0.6) is 115 Å². The van der Waals surface area contributed by atoms with E-state index in [2.05, 4.69) is 34.6 Å². The van der Waals surface area contributed by atoms with Gasteiger partial charge in [-0.2, -0.15) is 0 Å². The fourth-order valence-corrected chi connectivity index (χ4v) is 18.3. The molecule has 0 aliphatic heterocycles. The van der Waals surface area contributed by atoms with Gasteiger partial charge in [0.2, 0.25) is 0 Å². The number of aryl methyl sites for hydroxylation is 10. The predicted molar refractivity (Wildman–Crippen MR) is 551 cm³/mol. The van der Waals surface area contributed by atoms with Crippen molar-refractivity contribution in [2.75, 3.05) is 0 Å². The number of phenols is 20. The van der Waals surface area contributed by atoms with Crippen LogP contribution in [0.3, 0.4) is 0 Å². The Balaban J connectivity index is 0.000000234. The molecule has 2 unspecified atom stereocenters. The Bertz CT molecular complexity index is 5500. The van der Waals surface area contributed by atoms with Crippen molar-refractivity contribution in [1.82, 2.24) is 0 Å². The van der Waals surface area contributed by atoms with Crippen molar-refractivity contribution in [3.63, 3.8) is 0 Å². The van der Waals surface area contributed by atoms with E-state index in [-0.39, 0.29) is 121 Å². The third-order valence-corrected chi connectivity index (χ3v) is 25.5. The summed E-state index contributed by atoms with van der Waals surface area (Å²) in [6.07, 6.45) is 25.3. The molecule has 137 heavy (non-hydrogen) atoms. The maximum Gasteiger partial charge on any atom is 0.123 e. The van der Waals surface area contributed by atoms with Crippen LogP contribution in [0.15, 0.2) is 182 Å². The third kappa shape index (κ3) is 35.4. The number of rotatable bonds is 19. The third-order valence-electron chi connectivity index (χ3n) is 25.5. The highest BCUT2D eigenvalue weighted by atomic mass is 16.3. The Hall–Kier alpha value is -13.4. The summed E-state index contributed by atoms with van der Waals surface area (Å²) in [6.45, 7) is 33.5. The molecule has 0 heterocycles. The topological polar surface area (TPSA) is 405 Å². The van der Waals surface area contributed by atoms with Crippen LogP contribution >= 0.6 is 0 Å². The fraction of sp³-hybridized carbons (Fsp3) is 0.385. The maximum atomic E-state index is 9.94. The van der Waals surface area contributed by atoms with E-state index < -0.39 is 0 Å². The van der Waals surface area contributed by atoms with E-state index in [9.17, 15) is 86.8 Å². The molecule has 12 aromatic carbocycles. The summed E-state index contributed by atoms with van der Waals surface area (Å²) in [4.78, 5) is 0. The van der Waals surface area contributed by atoms with Gasteiger partial charge in [-0.3, -0.25) is 0 Å². The first kappa shape index (κ1) is 112. The smallest absolute Gasteiger partial charge is 0.123 e. The lowest BCUT2D eigenvalue weighted by molar-refractivity contribution is 0.407. The number of phenolic OH excluding ortho intramolecular Hbond substituents is 20. The van der Waals surface area contributed by atoms with Crippen molar-refractivity contribution in [2.24, 2.45) is 0 Å². The second-order valence-corrected chi connectivity index (χ2v) is 36.6. The standard InChI is InChI=1S/C15H16O2.C14H14O2.C13H18O2.C13H20O2.C12H16O2.2C11H16O2.C10H12O2.2C9H12O2/c1-10-8-13(16)9-14(17)15(10)11(2)12-6-4-3-5-7-12;1-10-7-12(15)9-14(16)13(10)8-11-5-3-2-4-6-11;1-9-7-11(14)8-12(15)13(9)10-5-3-2-4-6-10;1-3-4-5-6-7-12-10(2)8-11(14)9-13(12)15;1-8-6-10(13)7-11(14)12(8)9-4-2-3-5-9;1-4-7(2)11-8(3)5-9(12)6-10(11)13;1-3-4-5-10-8(2)6-9(12)7-11(10)13;1-6-4-8(11)5-9(12)10(6)7-2-3-7;2*1-3-8-6(2)4-7(10)5-9(8)11/h3-9,11,16-17H,1-2H3;2-7,9,15-16H,8H2,1H3;7-8,10,14-15H,2-6H2,1H3;8-9,14-15H,3-7H2,1-2H3;6-7,9,13-14H,2-5H2,1H3;5-7,12-13H,4H2,1-3H3;6-7,12-13H,3-5H2,1-2H3;4-5,7,11-12H,2-3H2,1H3;2*4-5,10-11H,3H2,1-2H3. The summed E-state index contributed by atoms with van der Waals surface area (Å²) < 4.78 is 0. The van der Waals surface area contributed by atoms with Crippen LogP contribution in [0.25, 0.3) is 0 Å². The monoisotopic (exact) mass is 1880 g/mol. The van der Waals surface area contributed by atoms with Gasteiger partial charge in [0.25, 0.3) is 0 Å². The van der Waals surface area contributed by atoms with Gasteiger partial charge in [0, 0.05) is 101 Å². The van der Waals surface area contributed by atoms with Crippen molar-refractivity contribution < 1.29 is 102 Å². The molecule has 0 amide bonds. The zero-order valence-electron chi connectivity index (χ0n) is 83.4. The Morgan fingerprint density at radius 1 is 0.248 bits per heavy atom. The molecule has 0 saturated heterocycles. The highest BCUT2D eigenvalue weighted by Crippen LogP contribution is 2.48. The first-order valence-electron chi connectivity index (χ1n) is 48.2. The minimum Gasteiger partial charge on any atom is -0.508 e. The van der Waals surface area contributed by atoms with Crippen molar-refractivity contribution >= 4 is 0 Å². The van der Waals surface area contributed by atoms with Crippen molar-refractivity contribution in [2.45, 2.75) is 295 Å². The van der Waals surface area contributed by atoms with E-state index in [1.165, 1.54) is 151 Å². The van der Waals surface area contributed by atoms with E-state index >= 15 is 0 Å². The second kappa shape index (κ2) is 55.6. The van der Waals surface area contributed by atoms with E-state index in [4.69, 9.17) is 15.3 Å². The Morgan fingerprint density at radius 2 is 0.518 bits per heavy atom. The van der Waals surface area contributed by atoms with Crippen LogP contribution < -0.4 is 0 Å². The van der Waals surface area contributed by atoms with Crippen molar-refractivity contribution in [3.05, 3.63) is 304 Å². The van der Waals surface area contributed by atoms with Crippen LogP contribution in [0.1, 0.15) is 316 Å². The normalized spacial score (nSPS) is 12.9. The molecule has 20 N–H and O–H groups in total. The average Bonchev–Trinajstić information content (AvgIpc) is 1.80. The predicted octanol–water partition coefficient (Wildman–Crippen LogP) is 28.5. The van der Waals surface area contributed by atoms with Crippen LogP contribution in [-0.2, 0) is 32.1 Å². The average molecular weight is 1880 g/mol. The molecule has 3 aliphatic carbocycles. The molecular weight excluding hydrogens is 1730 g/mol. The van der Waals surface area contributed by atoms with Gasteiger partial charge < -0.3 is 102 Å². The van der Waals surface area contributed by atoms with Crippen LogP contribution in [0.4, 0.5) is 0 Å². The van der Waals surface area contributed by atoms with Gasteiger partial charge in [0.15, 0.2) is 0 Å². The Morgan fingerprint density at radius 3 is 0.818 bits per heavy atom. The minimum absolute atomic E-state index is 0.101. The molecule has 20 nitrogen and oxygen atoms in total. The highest BCUT2D eigenvalue weighted by molar-refractivity contribution is 5.55. The summed E-state index contributed by atoms with van der Waals surface area (Å²) >= 11 is 0. The lowest BCUT2D eigenvalue weighted by Crippen LogP contribution is -2.06. The summed E-state index contributed by atoms with van der Waals surface area (Å²) in [7, 11) is 0. The molecule has 0 bridgehead atoms. The van der Waals surface area contributed by atoms with Crippen molar-refractivity contribution in [3.8, 4) is 115 Å². The number of hydrogen-bond donors (Lipinski definition) is 20. The largest absolute Gasteiger partial charge is 0.508 e. The lowest BCUT2D eigenvalue weighted by Gasteiger charge is -2.24. The van der Waals surface area contributed by atoms with E-state index in [0.29, 0.717) is 30.1 Å². The Labute approximate surface area is 811 Å². The van der Waals surface area contributed by atoms with Gasteiger partial charge in [-0.25, -0.2) is 0 Å². The second-order valence-electron chi connectivity index (χ2n) is 36.6. The highest BCUT2D eigenvalue weighted by Gasteiger charge is 2.29. The first-order valence-corrected chi connectivity index (χ1v) is 48.2. The summed E-state index contributed by atoms with van der Waals surface area (Å²) in [5.41, 5.74) is 21.4. The lowest BCUT2D eigenvalue weighted by atomic mass is 9.82. The van der Waals surface area contributed by atoms with E-state index in [0.717, 1.165) is 174 Å².